The number of nitrogens with one attached hydrogen (secondary N) is 1. The second-order valence-corrected chi connectivity index (χ2v) is 9.65. The van der Waals surface area contributed by atoms with Crippen LogP contribution in [0.2, 0.25) is 0 Å². The Labute approximate surface area is 197 Å². The highest BCUT2D eigenvalue weighted by atomic mass is 32.2. The molecule has 0 radical (unpaired) electrons. The van der Waals surface area contributed by atoms with E-state index in [0.717, 1.165) is 0 Å². The topological polar surface area (TPSA) is 154 Å². The predicted molar refractivity (Wildman–Crippen MR) is 126 cm³/mol. The van der Waals surface area contributed by atoms with E-state index in [4.69, 9.17) is 12.2 Å². The predicted octanol–water partition coefficient (Wildman–Crippen LogP) is 4.20. The summed E-state index contributed by atoms with van der Waals surface area (Å²) in [7, 11) is 0. The van der Waals surface area contributed by atoms with Gasteiger partial charge in [-0.3, -0.25) is 25.4 Å². The smallest absolute Gasteiger partial charge is 0.306 e. The highest BCUT2D eigenvalue weighted by Crippen LogP contribution is 2.42. The zero-order valence-corrected chi connectivity index (χ0v) is 18.9. The largest absolute Gasteiger partial charge is 0.347 e. The van der Waals surface area contributed by atoms with E-state index in [1.54, 1.807) is 13.8 Å². The number of thioether (sulfide) groups is 1. The van der Waals surface area contributed by atoms with Gasteiger partial charge in [0.15, 0.2) is 10.5 Å². The molecule has 0 aliphatic carbocycles. The summed E-state index contributed by atoms with van der Waals surface area (Å²) in [4.78, 5) is 33.2. The lowest BCUT2D eigenvalue weighted by atomic mass is 10.1. The molecule has 2 aromatic carbocycles. The maximum atomic E-state index is 12.7. The van der Waals surface area contributed by atoms with Gasteiger partial charge in [-0.25, -0.2) is 9.80 Å². The molecule has 2 aromatic rings. The SMILES string of the molecule is CC1(C)SC(=S)N(/N=C\c2ccc([N+](=O)[O-])cc2)[C@@H]1N(O)C(=O)Nc1ccc([N+](=O)[O-])cc1. The van der Waals surface area contributed by atoms with Gasteiger partial charge in [-0.05, 0) is 43.7 Å². The van der Waals surface area contributed by atoms with Crippen LogP contribution in [-0.2, 0) is 0 Å². The molecule has 2 amide bonds. The number of nitro groups is 2. The molecule has 1 aliphatic rings. The van der Waals surface area contributed by atoms with Gasteiger partial charge in [0.25, 0.3) is 11.4 Å². The van der Waals surface area contributed by atoms with Gasteiger partial charge in [-0.15, -0.1) is 0 Å². The van der Waals surface area contributed by atoms with Gasteiger partial charge in [-0.2, -0.15) is 10.2 Å². The number of nitro benzene ring substituents is 2. The van der Waals surface area contributed by atoms with E-state index in [9.17, 15) is 30.2 Å². The maximum absolute atomic E-state index is 12.7. The normalized spacial score (nSPS) is 17.2. The third kappa shape index (κ3) is 5.42. The van der Waals surface area contributed by atoms with Crippen molar-refractivity contribution in [1.82, 2.24) is 10.1 Å². The average molecular weight is 491 g/mol. The van der Waals surface area contributed by atoms with Gasteiger partial charge >= 0.3 is 6.03 Å². The lowest BCUT2D eigenvalue weighted by Gasteiger charge is -2.34. The molecule has 0 saturated carbocycles. The van der Waals surface area contributed by atoms with Crippen molar-refractivity contribution in [3.63, 3.8) is 0 Å². The molecule has 12 nitrogen and oxygen atoms in total. The van der Waals surface area contributed by atoms with Crippen molar-refractivity contribution in [3.8, 4) is 0 Å². The molecule has 1 saturated heterocycles. The van der Waals surface area contributed by atoms with Crippen LogP contribution in [-0.4, -0.2) is 52.6 Å². The van der Waals surface area contributed by atoms with E-state index in [1.807, 2.05) is 0 Å². The third-order valence-corrected chi connectivity index (χ3v) is 6.13. The minimum Gasteiger partial charge on any atom is -0.306 e. The molecule has 0 bridgehead atoms. The van der Waals surface area contributed by atoms with Crippen LogP contribution in [0.25, 0.3) is 0 Å². The van der Waals surface area contributed by atoms with E-state index in [2.05, 4.69) is 10.4 Å². The van der Waals surface area contributed by atoms with Crippen LogP contribution in [0.15, 0.2) is 53.6 Å². The Bertz CT molecular complexity index is 1120. The van der Waals surface area contributed by atoms with Crippen LogP contribution in [0.1, 0.15) is 19.4 Å². The maximum Gasteiger partial charge on any atom is 0.347 e. The summed E-state index contributed by atoms with van der Waals surface area (Å²) in [5, 5.41) is 40.8. The standard InChI is InChI=1S/C19H18N6O6S2/c1-19(2)16(23(27)17(26)21-13-5-9-15(10-6-13)25(30)31)22(18(32)33-19)20-11-12-3-7-14(8-4-12)24(28)29/h3-11,16,27H,1-2H3,(H,21,26)/b20-11-/t16-/m1/s1. The van der Waals surface area contributed by atoms with Crippen molar-refractivity contribution in [2.24, 2.45) is 5.10 Å². The Morgan fingerprint density at radius 1 is 1.15 bits per heavy atom. The first-order valence-corrected chi connectivity index (χ1v) is 10.6. The molecule has 1 atom stereocenters. The minimum absolute atomic E-state index is 0.0668. The zero-order chi connectivity index (χ0) is 24.3. The van der Waals surface area contributed by atoms with Gasteiger partial charge in [0.05, 0.1) is 20.8 Å². The summed E-state index contributed by atoms with van der Waals surface area (Å²) >= 11 is 6.60. The lowest BCUT2D eigenvalue weighted by Crippen LogP contribution is -2.54. The van der Waals surface area contributed by atoms with E-state index in [0.29, 0.717) is 14.9 Å². The van der Waals surface area contributed by atoms with Gasteiger partial charge in [0, 0.05) is 30.0 Å². The number of hydrazone groups is 1. The number of carbonyl (C=O) groups is 1. The van der Waals surface area contributed by atoms with Gasteiger partial charge < -0.3 is 5.32 Å². The number of thiocarbonyl (C=S) groups is 1. The number of urea groups is 1. The number of hydrogen-bond donors (Lipinski definition) is 2. The number of rotatable bonds is 6. The Morgan fingerprint density at radius 2 is 1.67 bits per heavy atom. The fourth-order valence-electron chi connectivity index (χ4n) is 3.00. The first-order valence-electron chi connectivity index (χ1n) is 9.34. The van der Waals surface area contributed by atoms with Crippen LogP contribution < -0.4 is 5.32 Å². The van der Waals surface area contributed by atoms with Crippen LogP contribution in [0, 0.1) is 20.2 Å². The third-order valence-electron chi connectivity index (χ3n) is 4.60. The van der Waals surface area contributed by atoms with Crippen molar-refractivity contribution in [3.05, 3.63) is 74.3 Å². The highest BCUT2D eigenvalue weighted by Gasteiger charge is 2.50. The molecule has 0 aromatic heterocycles. The second-order valence-electron chi connectivity index (χ2n) is 7.36. The first-order chi connectivity index (χ1) is 15.5. The molecule has 1 fully saturated rings. The molecule has 1 aliphatic heterocycles. The van der Waals surface area contributed by atoms with Crippen molar-refractivity contribution in [2.45, 2.75) is 24.8 Å². The van der Waals surface area contributed by atoms with E-state index in [-0.39, 0.29) is 17.1 Å². The first kappa shape index (κ1) is 24.0. The number of hydrogen-bond acceptors (Lipinski definition) is 9. The summed E-state index contributed by atoms with van der Waals surface area (Å²) in [5.74, 6) is 0. The lowest BCUT2D eigenvalue weighted by molar-refractivity contribution is -0.385. The summed E-state index contributed by atoms with van der Waals surface area (Å²) in [6.07, 6.45) is 0.426. The molecule has 0 spiro atoms. The number of carbonyl (C=O) groups excluding carboxylic acids is 1. The minimum atomic E-state index is -0.984. The molecule has 3 rings (SSSR count). The molecule has 33 heavy (non-hydrogen) atoms. The molecular formula is C19H18N6O6S2. The monoisotopic (exact) mass is 490 g/mol. The van der Waals surface area contributed by atoms with E-state index >= 15 is 0 Å². The van der Waals surface area contributed by atoms with Crippen molar-refractivity contribution < 1.29 is 19.8 Å². The number of nitrogens with zero attached hydrogens (tertiary/aromatic N) is 5. The van der Waals surface area contributed by atoms with E-state index < -0.39 is 26.8 Å². The van der Waals surface area contributed by atoms with Crippen LogP contribution in [0.3, 0.4) is 0 Å². The fourth-order valence-corrected chi connectivity index (χ4v) is 4.78. The van der Waals surface area contributed by atoms with Crippen molar-refractivity contribution in [2.75, 3.05) is 5.32 Å². The molecule has 2 N–H and O–H groups in total. The molecule has 172 valence electrons. The van der Waals surface area contributed by atoms with Crippen LogP contribution in [0.4, 0.5) is 21.9 Å². The Balaban J connectivity index is 1.78. The fraction of sp³-hybridized carbons (Fsp3) is 0.211. The van der Waals surface area contributed by atoms with Gasteiger partial charge in [0.1, 0.15) is 0 Å². The Hall–Kier alpha value is -3.62. The van der Waals surface area contributed by atoms with Crippen LogP contribution in [0.5, 0.6) is 0 Å². The highest BCUT2D eigenvalue weighted by molar-refractivity contribution is 8.24. The number of non-ortho nitro benzene ring substituents is 2. The summed E-state index contributed by atoms with van der Waals surface area (Å²) in [6, 6.07) is 9.92. The summed E-state index contributed by atoms with van der Waals surface area (Å²) in [5.41, 5.74) is 0.593. The number of amides is 2. The quantitative estimate of drug-likeness (QED) is 0.199. The Kier molecular flexibility index (Phi) is 6.90. The average Bonchev–Trinajstić information content (AvgIpc) is 2.99. The van der Waals surface area contributed by atoms with Crippen LogP contribution >= 0.6 is 24.0 Å². The molecule has 1 heterocycles. The van der Waals surface area contributed by atoms with Gasteiger partial charge in [0.2, 0.25) is 0 Å². The van der Waals surface area contributed by atoms with Gasteiger partial charge in [-0.1, -0.05) is 24.0 Å². The number of hydroxylamine groups is 2. The zero-order valence-electron chi connectivity index (χ0n) is 17.3. The van der Waals surface area contributed by atoms with Crippen molar-refractivity contribution in [1.29, 1.82) is 0 Å². The number of anilines is 1. The second kappa shape index (κ2) is 9.48. The van der Waals surface area contributed by atoms with E-state index in [1.165, 1.54) is 71.5 Å². The Morgan fingerprint density at radius 3 is 2.18 bits per heavy atom. The molecular weight excluding hydrogens is 472 g/mol. The summed E-state index contributed by atoms with van der Waals surface area (Å²) in [6.45, 7) is 3.55. The molecule has 14 heteroatoms. The molecule has 0 unspecified atom stereocenters. The summed E-state index contributed by atoms with van der Waals surface area (Å²) < 4.78 is -0.434. The van der Waals surface area contributed by atoms with Crippen molar-refractivity contribution >= 4 is 57.6 Å². The number of benzene rings is 2.